The molecule has 4 aliphatic rings. The van der Waals surface area contributed by atoms with Crippen molar-refractivity contribution >= 4 is 17.7 Å². The number of rotatable bonds is 6. The molecular formula is C19H25N5O2S. The molecule has 2 N–H and O–H groups in total. The van der Waals surface area contributed by atoms with Gasteiger partial charge >= 0.3 is 0 Å². The fourth-order valence-corrected chi connectivity index (χ4v) is 6.72. The molecule has 2 aromatic heterocycles. The van der Waals surface area contributed by atoms with Gasteiger partial charge in [0.1, 0.15) is 12.1 Å². The third kappa shape index (κ3) is 3.13. The van der Waals surface area contributed by atoms with Crippen LogP contribution >= 0.6 is 11.8 Å². The van der Waals surface area contributed by atoms with Crippen LogP contribution < -0.4 is 5.84 Å². The van der Waals surface area contributed by atoms with Gasteiger partial charge in [0.15, 0.2) is 0 Å². The average molecular weight is 388 g/mol. The van der Waals surface area contributed by atoms with E-state index in [2.05, 4.69) is 15.1 Å². The van der Waals surface area contributed by atoms with E-state index in [0.29, 0.717) is 17.5 Å². The molecule has 0 atom stereocenters. The molecule has 4 fully saturated rings. The van der Waals surface area contributed by atoms with Gasteiger partial charge in [-0.05, 0) is 68.4 Å². The molecular weight excluding hydrogens is 362 g/mol. The largest absolute Gasteiger partial charge is 0.467 e. The van der Waals surface area contributed by atoms with Crippen LogP contribution in [0.15, 0.2) is 34.3 Å². The van der Waals surface area contributed by atoms with E-state index in [4.69, 9.17) is 10.3 Å². The Morgan fingerprint density at radius 2 is 2.00 bits per heavy atom. The van der Waals surface area contributed by atoms with Gasteiger partial charge in [-0.1, -0.05) is 11.8 Å². The second-order valence-corrected chi connectivity index (χ2v) is 9.45. The van der Waals surface area contributed by atoms with Crippen LogP contribution in [0.1, 0.15) is 44.3 Å². The van der Waals surface area contributed by atoms with Gasteiger partial charge in [0, 0.05) is 5.54 Å². The zero-order valence-corrected chi connectivity index (χ0v) is 16.1. The fraction of sp³-hybridized carbons (Fsp3) is 0.632. The average Bonchev–Trinajstić information content (AvgIpc) is 3.28. The molecule has 144 valence electrons. The number of amides is 1. The molecule has 6 rings (SSSR count). The molecule has 2 aromatic rings. The van der Waals surface area contributed by atoms with Gasteiger partial charge in [-0.15, -0.1) is 10.2 Å². The Hall–Kier alpha value is -1.96. The molecule has 4 bridgehead atoms. The third-order valence-electron chi connectivity index (χ3n) is 6.64. The minimum Gasteiger partial charge on any atom is -0.467 e. The number of thioether (sulfide) groups is 1. The quantitative estimate of drug-likeness (QED) is 0.605. The van der Waals surface area contributed by atoms with Crippen molar-refractivity contribution in [3.8, 4) is 0 Å². The first-order valence-electron chi connectivity index (χ1n) is 9.72. The van der Waals surface area contributed by atoms with Crippen LogP contribution in [-0.2, 0) is 11.3 Å². The number of nitrogens with two attached hydrogens (primary N) is 1. The minimum atomic E-state index is -0.00439. The van der Waals surface area contributed by atoms with Gasteiger partial charge in [-0.2, -0.15) is 0 Å². The first-order chi connectivity index (χ1) is 13.1. The predicted molar refractivity (Wildman–Crippen MR) is 101 cm³/mol. The molecule has 4 aliphatic carbocycles. The lowest BCUT2D eigenvalue weighted by Crippen LogP contribution is -2.61. The third-order valence-corrected chi connectivity index (χ3v) is 7.58. The fourth-order valence-electron chi connectivity index (χ4n) is 6.01. The van der Waals surface area contributed by atoms with Crippen LogP contribution in [0.3, 0.4) is 0 Å². The molecule has 0 aliphatic heterocycles. The number of hydrogen-bond acceptors (Lipinski definition) is 6. The van der Waals surface area contributed by atoms with Gasteiger partial charge in [-0.3, -0.25) is 4.79 Å². The lowest BCUT2D eigenvalue weighted by molar-refractivity contribution is -0.150. The van der Waals surface area contributed by atoms with E-state index in [1.54, 1.807) is 6.26 Å². The molecule has 0 unspecified atom stereocenters. The molecule has 1 amide bonds. The van der Waals surface area contributed by atoms with Crippen LogP contribution in [0, 0.1) is 17.8 Å². The van der Waals surface area contributed by atoms with E-state index in [-0.39, 0.29) is 11.4 Å². The first kappa shape index (κ1) is 17.2. The van der Waals surface area contributed by atoms with Gasteiger partial charge in [0.05, 0.1) is 18.6 Å². The number of aromatic nitrogens is 3. The smallest absolute Gasteiger partial charge is 0.233 e. The molecule has 0 radical (unpaired) electrons. The summed E-state index contributed by atoms with van der Waals surface area (Å²) >= 11 is 1.35. The number of hydrogen-bond donors (Lipinski definition) is 1. The number of nitrogens with zero attached hydrogens (tertiary/aromatic N) is 4. The monoisotopic (exact) mass is 387 g/mol. The van der Waals surface area contributed by atoms with E-state index < -0.39 is 0 Å². The summed E-state index contributed by atoms with van der Waals surface area (Å²) in [6, 6.07) is 3.85. The van der Waals surface area contributed by atoms with Crippen molar-refractivity contribution in [2.75, 3.05) is 11.6 Å². The molecule has 7 nitrogen and oxygen atoms in total. The Balaban J connectivity index is 1.39. The van der Waals surface area contributed by atoms with Gasteiger partial charge in [0.2, 0.25) is 11.1 Å². The molecule has 0 aromatic carbocycles. The van der Waals surface area contributed by atoms with Crippen molar-refractivity contribution < 1.29 is 9.21 Å². The maximum Gasteiger partial charge on any atom is 0.233 e. The summed E-state index contributed by atoms with van der Waals surface area (Å²) in [7, 11) is 0. The van der Waals surface area contributed by atoms with E-state index in [0.717, 1.165) is 42.8 Å². The summed E-state index contributed by atoms with van der Waals surface area (Å²) in [4.78, 5) is 15.5. The number of furan rings is 1. The van der Waals surface area contributed by atoms with Crippen molar-refractivity contribution in [2.45, 2.75) is 55.8 Å². The topological polar surface area (TPSA) is 90.2 Å². The number of carbonyl (C=O) groups excluding carboxylic acids is 1. The van der Waals surface area contributed by atoms with Crippen LogP contribution in [0.2, 0.25) is 0 Å². The summed E-state index contributed by atoms with van der Waals surface area (Å²) in [6.45, 7) is 0.549. The minimum absolute atomic E-state index is 0.00439. The summed E-state index contributed by atoms with van der Waals surface area (Å²) in [5.74, 6) is 9.44. The normalized spacial score (nSPS) is 31.3. The van der Waals surface area contributed by atoms with Crippen molar-refractivity contribution in [3.63, 3.8) is 0 Å². The maximum atomic E-state index is 13.4. The zero-order chi connectivity index (χ0) is 18.4. The van der Waals surface area contributed by atoms with Crippen LogP contribution in [-0.4, -0.2) is 37.0 Å². The summed E-state index contributed by atoms with van der Waals surface area (Å²) in [5, 5.41) is 8.33. The highest BCUT2D eigenvalue weighted by molar-refractivity contribution is 7.99. The van der Waals surface area contributed by atoms with E-state index >= 15 is 0 Å². The second-order valence-electron chi connectivity index (χ2n) is 8.51. The second kappa shape index (κ2) is 6.58. The van der Waals surface area contributed by atoms with Gasteiger partial charge in [-0.25, -0.2) is 4.68 Å². The highest BCUT2D eigenvalue weighted by Gasteiger charge is 2.54. The molecule has 2 heterocycles. The van der Waals surface area contributed by atoms with Crippen molar-refractivity contribution in [1.29, 1.82) is 0 Å². The molecule has 8 heteroatoms. The Morgan fingerprint density at radius 3 is 2.56 bits per heavy atom. The van der Waals surface area contributed by atoms with E-state index in [1.165, 1.54) is 42.0 Å². The predicted octanol–water partition coefficient (Wildman–Crippen LogP) is 2.67. The lowest BCUT2D eigenvalue weighted by atomic mass is 9.52. The summed E-state index contributed by atoms with van der Waals surface area (Å²) in [5.41, 5.74) is -0.00439. The van der Waals surface area contributed by atoms with Crippen LogP contribution in [0.5, 0.6) is 0 Å². The molecule has 0 spiro atoms. The number of nitrogen functional groups attached to an aromatic ring is 1. The van der Waals surface area contributed by atoms with Gasteiger partial charge < -0.3 is 15.2 Å². The van der Waals surface area contributed by atoms with Gasteiger partial charge in [0.25, 0.3) is 0 Å². The van der Waals surface area contributed by atoms with Crippen molar-refractivity contribution in [1.82, 2.24) is 19.8 Å². The highest BCUT2D eigenvalue weighted by Crippen LogP contribution is 2.58. The van der Waals surface area contributed by atoms with E-state index in [1.807, 2.05) is 12.1 Å². The van der Waals surface area contributed by atoms with Crippen LogP contribution in [0.4, 0.5) is 0 Å². The SMILES string of the molecule is Nn1cnnc1SCC(=O)N(Cc1ccco1)C12CC3CC(CC(C3)C1)C2. The summed E-state index contributed by atoms with van der Waals surface area (Å²) in [6.07, 6.45) is 10.6. The Morgan fingerprint density at radius 1 is 1.30 bits per heavy atom. The maximum absolute atomic E-state index is 13.4. The van der Waals surface area contributed by atoms with Crippen LogP contribution in [0.25, 0.3) is 0 Å². The zero-order valence-electron chi connectivity index (χ0n) is 15.3. The highest BCUT2D eigenvalue weighted by atomic mass is 32.2. The lowest BCUT2D eigenvalue weighted by Gasteiger charge is -2.60. The molecule has 27 heavy (non-hydrogen) atoms. The van der Waals surface area contributed by atoms with Crippen molar-refractivity contribution in [2.24, 2.45) is 17.8 Å². The van der Waals surface area contributed by atoms with Crippen molar-refractivity contribution in [3.05, 3.63) is 30.5 Å². The Bertz CT molecular complexity index is 783. The molecule has 0 saturated heterocycles. The Kier molecular flexibility index (Phi) is 4.18. The number of carbonyl (C=O) groups is 1. The first-order valence-corrected chi connectivity index (χ1v) is 10.7. The summed E-state index contributed by atoms with van der Waals surface area (Å²) < 4.78 is 6.96. The van der Waals surface area contributed by atoms with E-state index in [9.17, 15) is 4.79 Å². The Labute approximate surface area is 162 Å². The molecule has 4 saturated carbocycles. The standard InChI is InChI=1S/C19H25N5O2S/c20-24-12-21-22-18(24)27-11-17(25)23(10-16-2-1-3-26-16)19-7-13-4-14(8-19)6-15(5-13)9-19/h1-3,12-15H,4-11,20H2.